The van der Waals surface area contributed by atoms with E-state index in [1.165, 1.54) is 0 Å². The normalized spacial score (nSPS) is 14.6. The molecule has 1 aromatic rings. The molecule has 0 bridgehead atoms. The van der Waals surface area contributed by atoms with Crippen molar-refractivity contribution in [1.29, 1.82) is 0 Å². The average Bonchev–Trinajstić information content (AvgIpc) is 2.65. The van der Waals surface area contributed by atoms with Gasteiger partial charge in [0.05, 0.1) is 37.0 Å². The van der Waals surface area contributed by atoms with Crippen molar-refractivity contribution < 1.29 is 46.8 Å². The molecule has 0 aromatic heterocycles. The molecule has 13 nitrogen and oxygen atoms in total. The number of carbonyl (C=O) groups excluding carboxylic acids is 2. The van der Waals surface area contributed by atoms with E-state index in [0.29, 0.717) is 6.07 Å². The van der Waals surface area contributed by atoms with Crippen molar-refractivity contribution in [2.75, 3.05) is 32.5 Å². The molecule has 0 amide bonds. The van der Waals surface area contributed by atoms with Crippen LogP contribution in [0, 0.1) is 10.1 Å². The van der Waals surface area contributed by atoms with E-state index in [9.17, 15) is 37.8 Å². The van der Waals surface area contributed by atoms with Crippen LogP contribution in [-0.4, -0.2) is 62.5 Å². The number of hydrogen-bond donors (Lipinski definition) is 2. The highest BCUT2D eigenvalue weighted by Crippen LogP contribution is 2.40. The maximum Gasteiger partial charge on any atom is 0.355 e. The molecule has 1 heterocycles. The number of benzene rings is 1. The van der Waals surface area contributed by atoms with E-state index in [0.717, 1.165) is 25.2 Å². The molecule has 2 N–H and O–H groups in total. The topological polar surface area (TPSA) is 183 Å². The number of rotatable bonds is 5. The van der Waals surface area contributed by atoms with E-state index in [1.54, 1.807) is 0 Å². The van der Waals surface area contributed by atoms with Crippen molar-refractivity contribution in [3.05, 3.63) is 33.5 Å². The Hall–Kier alpha value is -3.23. The molecule has 28 heavy (non-hydrogen) atoms. The molecule has 0 aliphatic carbocycles. The fraction of sp³-hybridized carbons (Fsp3) is 0.286. The van der Waals surface area contributed by atoms with Gasteiger partial charge in [0.2, 0.25) is 0 Å². The number of ether oxygens (including phenoxy) is 3. The van der Waals surface area contributed by atoms with Gasteiger partial charge in [-0.05, 0) is 0 Å². The molecule has 1 aromatic carbocycles. The second-order valence-corrected chi connectivity index (χ2v) is 6.65. The summed E-state index contributed by atoms with van der Waals surface area (Å²) >= 11 is 0. The molecule has 2 rings (SSSR count). The number of methoxy groups -OCH3 is 2. The van der Waals surface area contributed by atoms with Crippen LogP contribution in [0.15, 0.2) is 28.3 Å². The minimum atomic E-state index is -5.07. The maximum absolute atomic E-state index is 12.2. The molecule has 0 unspecified atom stereocenters. The van der Waals surface area contributed by atoms with Gasteiger partial charge in [-0.2, -0.15) is 8.42 Å². The first-order valence-corrected chi connectivity index (χ1v) is 8.70. The lowest BCUT2D eigenvalue weighted by atomic mass is 10.1. The number of non-ortho nitro benzene ring substituents is 1. The lowest BCUT2D eigenvalue weighted by Crippen LogP contribution is -2.39. The number of aromatic hydroxyl groups is 1. The first-order chi connectivity index (χ1) is 13.0. The third kappa shape index (κ3) is 3.88. The monoisotopic (exact) mass is 418 g/mol. The molecule has 0 radical (unpaired) electrons. The summed E-state index contributed by atoms with van der Waals surface area (Å²) in [5, 5.41) is 21.4. The van der Waals surface area contributed by atoms with Gasteiger partial charge in [0.1, 0.15) is 17.3 Å². The van der Waals surface area contributed by atoms with E-state index in [2.05, 4.69) is 9.47 Å². The van der Waals surface area contributed by atoms with Gasteiger partial charge in [-0.1, -0.05) is 0 Å². The standard InChI is InChI=1S/C14H14N2O11S/c1-25-13(18)8-5-27-6-15(11(8)14(19)26-2)9-3-7(16(20)21)4-10(12(9)17)28(22,23)24/h3-4,17H,5-6H2,1-2H3,(H,22,23,24). The van der Waals surface area contributed by atoms with E-state index >= 15 is 0 Å². The van der Waals surface area contributed by atoms with Crippen molar-refractivity contribution >= 4 is 33.4 Å². The minimum Gasteiger partial charge on any atom is -0.504 e. The lowest BCUT2D eigenvalue weighted by Gasteiger charge is -2.31. The maximum atomic E-state index is 12.2. The average molecular weight is 418 g/mol. The molecule has 0 atom stereocenters. The second-order valence-electron chi connectivity index (χ2n) is 5.26. The van der Waals surface area contributed by atoms with Crippen molar-refractivity contribution in [3.8, 4) is 5.75 Å². The minimum absolute atomic E-state index is 0.333. The van der Waals surface area contributed by atoms with E-state index in [-0.39, 0.29) is 12.2 Å². The van der Waals surface area contributed by atoms with Crippen LogP contribution in [-0.2, 0) is 33.9 Å². The van der Waals surface area contributed by atoms with E-state index < -0.39 is 61.4 Å². The Bertz CT molecular complexity index is 983. The summed E-state index contributed by atoms with van der Waals surface area (Å²) < 4.78 is 46.6. The van der Waals surface area contributed by atoms with Crippen LogP contribution in [0.5, 0.6) is 5.75 Å². The quantitative estimate of drug-likeness (QED) is 0.281. The van der Waals surface area contributed by atoms with Crippen LogP contribution in [0.1, 0.15) is 0 Å². The second kappa shape index (κ2) is 7.79. The first kappa shape index (κ1) is 21.1. The van der Waals surface area contributed by atoms with Crippen molar-refractivity contribution in [3.63, 3.8) is 0 Å². The van der Waals surface area contributed by atoms with Crippen LogP contribution >= 0.6 is 0 Å². The number of esters is 2. The molecule has 1 aliphatic heterocycles. The Labute approximate surface area is 157 Å². The highest BCUT2D eigenvalue weighted by Gasteiger charge is 2.36. The van der Waals surface area contributed by atoms with E-state index in [4.69, 9.17) is 4.74 Å². The van der Waals surface area contributed by atoms with Crippen LogP contribution < -0.4 is 4.90 Å². The smallest absolute Gasteiger partial charge is 0.355 e. The highest BCUT2D eigenvalue weighted by atomic mass is 32.2. The third-order valence-electron chi connectivity index (χ3n) is 3.65. The summed E-state index contributed by atoms with van der Waals surface area (Å²) in [6.45, 7) is -0.890. The molecule has 0 saturated carbocycles. The SMILES string of the molecule is COC(=O)C1=C(C(=O)OC)N(c2cc([N+](=O)[O-])cc(S(=O)(=O)O)c2O)COC1. The van der Waals surface area contributed by atoms with Crippen LogP contribution in [0.2, 0.25) is 0 Å². The summed E-state index contributed by atoms with van der Waals surface area (Å²) in [7, 11) is -3.05. The fourth-order valence-corrected chi connectivity index (χ4v) is 3.04. The molecule has 152 valence electrons. The third-order valence-corrected chi connectivity index (χ3v) is 4.52. The molecular formula is C14H14N2O11S. The Morgan fingerprint density at radius 2 is 1.86 bits per heavy atom. The van der Waals surface area contributed by atoms with Gasteiger partial charge in [0.15, 0.2) is 5.75 Å². The van der Waals surface area contributed by atoms with E-state index in [1.807, 2.05) is 0 Å². The number of nitro groups is 1. The van der Waals surface area contributed by atoms with Gasteiger partial charge in [0, 0.05) is 12.1 Å². The summed E-state index contributed by atoms with van der Waals surface area (Å²) in [6, 6.07) is 1.16. The Morgan fingerprint density at radius 3 is 2.36 bits per heavy atom. The highest BCUT2D eigenvalue weighted by molar-refractivity contribution is 7.86. The fourth-order valence-electron chi connectivity index (χ4n) is 2.42. The van der Waals surface area contributed by atoms with Crippen LogP contribution in [0.25, 0.3) is 0 Å². The Morgan fingerprint density at radius 1 is 1.25 bits per heavy atom. The molecular weight excluding hydrogens is 404 g/mol. The van der Waals surface area contributed by atoms with Crippen LogP contribution in [0.3, 0.4) is 0 Å². The number of hydrogen-bond acceptors (Lipinski definition) is 11. The largest absolute Gasteiger partial charge is 0.504 e. The zero-order chi connectivity index (χ0) is 21.2. The van der Waals surface area contributed by atoms with Gasteiger partial charge in [0.25, 0.3) is 15.8 Å². The summed E-state index contributed by atoms with van der Waals surface area (Å²) in [5.41, 5.74) is -2.24. The van der Waals surface area contributed by atoms with Gasteiger partial charge in [-0.3, -0.25) is 14.7 Å². The summed E-state index contributed by atoms with van der Waals surface area (Å²) in [5.74, 6) is -3.17. The predicted molar refractivity (Wildman–Crippen MR) is 88.9 cm³/mol. The van der Waals surface area contributed by atoms with Gasteiger partial charge < -0.3 is 24.2 Å². The molecule has 0 spiro atoms. The summed E-state index contributed by atoms with van der Waals surface area (Å²) in [6.07, 6.45) is 0. The summed E-state index contributed by atoms with van der Waals surface area (Å²) in [4.78, 5) is 34.0. The number of nitro benzene ring substituents is 1. The number of phenols is 1. The zero-order valence-corrected chi connectivity index (χ0v) is 15.3. The van der Waals surface area contributed by atoms with Crippen molar-refractivity contribution in [2.45, 2.75) is 4.90 Å². The zero-order valence-electron chi connectivity index (χ0n) is 14.4. The predicted octanol–water partition coefficient (Wildman–Crippen LogP) is -0.0587. The Kier molecular flexibility index (Phi) is 5.86. The Balaban J connectivity index is 2.84. The first-order valence-electron chi connectivity index (χ1n) is 7.26. The van der Waals surface area contributed by atoms with Crippen LogP contribution in [0.4, 0.5) is 11.4 Å². The lowest BCUT2D eigenvalue weighted by molar-refractivity contribution is -0.385. The van der Waals surface area contributed by atoms with Crippen molar-refractivity contribution in [2.24, 2.45) is 0 Å². The number of anilines is 1. The molecule has 0 saturated heterocycles. The molecule has 0 fully saturated rings. The van der Waals surface area contributed by atoms with Gasteiger partial charge >= 0.3 is 11.9 Å². The number of carbonyl (C=O) groups is 2. The van der Waals surface area contributed by atoms with Gasteiger partial charge in [-0.15, -0.1) is 0 Å². The number of phenolic OH excluding ortho intramolecular Hbond substituents is 1. The molecule has 14 heteroatoms. The molecule has 1 aliphatic rings. The van der Waals surface area contributed by atoms with Crippen molar-refractivity contribution in [1.82, 2.24) is 0 Å². The van der Waals surface area contributed by atoms with Gasteiger partial charge in [-0.25, -0.2) is 9.59 Å². The number of nitrogens with zero attached hydrogens (tertiary/aromatic N) is 2.